The molecule has 0 aliphatic heterocycles. The number of rotatable bonds is 6. The third-order valence-corrected chi connectivity index (χ3v) is 1.74. The molecule has 0 aromatic rings. The van der Waals surface area contributed by atoms with Gasteiger partial charge in [0.2, 0.25) is 0 Å². The van der Waals surface area contributed by atoms with E-state index in [1.165, 1.54) is 0 Å². The maximum atomic E-state index is 9.56. The molecule has 3 nitrogen and oxygen atoms in total. The first kappa shape index (κ1) is 12.9. The maximum absolute atomic E-state index is 9.56. The van der Waals surface area contributed by atoms with E-state index in [2.05, 4.69) is 26.1 Å². The molecule has 0 saturated heterocycles. The fraction of sp³-hybridized carbons (Fsp3) is 1.00. The molecule has 0 rings (SSSR count). The normalized spacial score (nSPS) is 14.5. The second kappa shape index (κ2) is 6.35. The number of aliphatic hydroxyl groups is 2. The lowest BCUT2D eigenvalue weighted by atomic mass is 9.89. The van der Waals surface area contributed by atoms with Gasteiger partial charge in [0.15, 0.2) is 0 Å². The molecular weight excluding hydrogens is 166 g/mol. The van der Waals surface area contributed by atoms with Gasteiger partial charge < -0.3 is 15.5 Å². The van der Waals surface area contributed by atoms with Crippen molar-refractivity contribution in [3.63, 3.8) is 0 Å². The van der Waals surface area contributed by atoms with E-state index in [4.69, 9.17) is 5.11 Å². The molecule has 1 atom stereocenters. The van der Waals surface area contributed by atoms with Crippen LogP contribution in [0.1, 0.15) is 33.6 Å². The lowest BCUT2D eigenvalue weighted by molar-refractivity contribution is 0.119. The van der Waals surface area contributed by atoms with Crippen LogP contribution in [0.3, 0.4) is 0 Å². The summed E-state index contributed by atoms with van der Waals surface area (Å²) in [7, 11) is 0. The first-order chi connectivity index (χ1) is 5.95. The fourth-order valence-electron chi connectivity index (χ4n) is 1.25. The minimum absolute atomic E-state index is 0.179. The van der Waals surface area contributed by atoms with E-state index in [0.717, 1.165) is 19.4 Å². The van der Waals surface area contributed by atoms with Gasteiger partial charge in [-0.25, -0.2) is 0 Å². The maximum Gasteiger partial charge on any atom is 0.0669 e. The summed E-state index contributed by atoms with van der Waals surface area (Å²) in [5, 5.41) is 21.2. The number of aliphatic hydroxyl groups excluding tert-OH is 2. The molecule has 0 spiro atoms. The van der Waals surface area contributed by atoms with Gasteiger partial charge in [-0.05, 0) is 24.8 Å². The molecule has 0 aliphatic rings. The predicted molar refractivity (Wildman–Crippen MR) is 54.7 cm³/mol. The van der Waals surface area contributed by atoms with Crippen LogP contribution in [0, 0.1) is 5.41 Å². The Morgan fingerprint density at radius 2 is 1.92 bits per heavy atom. The van der Waals surface area contributed by atoms with Gasteiger partial charge in [-0.15, -0.1) is 0 Å². The summed E-state index contributed by atoms with van der Waals surface area (Å²) >= 11 is 0. The van der Waals surface area contributed by atoms with E-state index in [-0.39, 0.29) is 18.1 Å². The van der Waals surface area contributed by atoms with Gasteiger partial charge in [-0.1, -0.05) is 20.8 Å². The van der Waals surface area contributed by atoms with E-state index in [9.17, 15) is 5.11 Å². The van der Waals surface area contributed by atoms with Gasteiger partial charge in [-0.2, -0.15) is 0 Å². The summed E-state index contributed by atoms with van der Waals surface area (Å²) in [5.74, 6) is 0. The minimum atomic E-state index is -0.279. The van der Waals surface area contributed by atoms with Crippen LogP contribution in [0.15, 0.2) is 0 Å². The van der Waals surface area contributed by atoms with Gasteiger partial charge in [0.1, 0.15) is 0 Å². The highest BCUT2D eigenvalue weighted by molar-refractivity contribution is 4.69. The van der Waals surface area contributed by atoms with Crippen LogP contribution < -0.4 is 5.32 Å². The van der Waals surface area contributed by atoms with Crippen molar-refractivity contribution in [2.24, 2.45) is 5.41 Å². The average molecular weight is 189 g/mol. The zero-order valence-electron chi connectivity index (χ0n) is 9.01. The summed E-state index contributed by atoms with van der Waals surface area (Å²) in [4.78, 5) is 0. The summed E-state index contributed by atoms with van der Waals surface area (Å²) in [5.41, 5.74) is 0.179. The summed E-state index contributed by atoms with van der Waals surface area (Å²) < 4.78 is 0. The van der Waals surface area contributed by atoms with Gasteiger partial charge in [-0.3, -0.25) is 0 Å². The third-order valence-electron chi connectivity index (χ3n) is 1.74. The molecule has 0 aromatic carbocycles. The largest absolute Gasteiger partial charge is 0.396 e. The van der Waals surface area contributed by atoms with Crippen molar-refractivity contribution in [1.82, 2.24) is 5.32 Å². The van der Waals surface area contributed by atoms with Crippen molar-refractivity contribution in [3.8, 4) is 0 Å². The number of nitrogens with one attached hydrogen (secondary N) is 1. The molecule has 1 unspecified atom stereocenters. The fourth-order valence-corrected chi connectivity index (χ4v) is 1.25. The topological polar surface area (TPSA) is 52.5 Å². The van der Waals surface area contributed by atoms with E-state index in [1.807, 2.05) is 0 Å². The molecule has 0 saturated carbocycles. The molecule has 0 fully saturated rings. The van der Waals surface area contributed by atoms with E-state index in [0.29, 0.717) is 6.54 Å². The molecule has 0 amide bonds. The van der Waals surface area contributed by atoms with Crippen LogP contribution in [0.4, 0.5) is 0 Å². The highest BCUT2D eigenvalue weighted by Gasteiger charge is 2.15. The first-order valence-electron chi connectivity index (χ1n) is 4.95. The van der Waals surface area contributed by atoms with Crippen molar-refractivity contribution < 1.29 is 10.2 Å². The van der Waals surface area contributed by atoms with Crippen molar-refractivity contribution >= 4 is 0 Å². The van der Waals surface area contributed by atoms with Crippen molar-refractivity contribution in [3.05, 3.63) is 0 Å². The van der Waals surface area contributed by atoms with Gasteiger partial charge in [0.25, 0.3) is 0 Å². The Bertz CT molecular complexity index is 121. The minimum Gasteiger partial charge on any atom is -0.396 e. The van der Waals surface area contributed by atoms with Crippen LogP contribution in [-0.2, 0) is 0 Å². The average Bonchev–Trinajstić information content (AvgIpc) is 1.94. The van der Waals surface area contributed by atoms with Crippen LogP contribution in [0.25, 0.3) is 0 Å². The Hall–Kier alpha value is -0.120. The van der Waals surface area contributed by atoms with Crippen molar-refractivity contribution in [2.45, 2.75) is 39.7 Å². The van der Waals surface area contributed by atoms with E-state index in [1.54, 1.807) is 0 Å². The van der Waals surface area contributed by atoms with Crippen LogP contribution in [-0.4, -0.2) is 36.0 Å². The van der Waals surface area contributed by atoms with Crippen LogP contribution in [0.2, 0.25) is 0 Å². The molecule has 3 heteroatoms. The SMILES string of the molecule is CC(C)(C)CC(O)CNCCCO. The molecule has 0 aliphatic carbocycles. The molecule has 13 heavy (non-hydrogen) atoms. The number of hydrogen-bond donors (Lipinski definition) is 3. The van der Waals surface area contributed by atoms with Crippen LogP contribution >= 0.6 is 0 Å². The standard InChI is InChI=1S/C10H23NO2/c1-10(2,3)7-9(13)8-11-5-4-6-12/h9,11-13H,4-8H2,1-3H3. The third kappa shape index (κ3) is 9.80. The molecule has 0 bridgehead atoms. The first-order valence-corrected chi connectivity index (χ1v) is 4.95. The van der Waals surface area contributed by atoms with Gasteiger partial charge >= 0.3 is 0 Å². The molecule has 0 heterocycles. The zero-order valence-corrected chi connectivity index (χ0v) is 9.01. The summed E-state index contributed by atoms with van der Waals surface area (Å²) in [6.45, 7) is 7.95. The Balaban J connectivity index is 3.35. The summed E-state index contributed by atoms with van der Waals surface area (Å²) in [6, 6.07) is 0. The monoisotopic (exact) mass is 189 g/mol. The van der Waals surface area contributed by atoms with Crippen molar-refractivity contribution in [2.75, 3.05) is 19.7 Å². The highest BCUT2D eigenvalue weighted by atomic mass is 16.3. The lowest BCUT2D eigenvalue weighted by Crippen LogP contribution is -2.30. The lowest BCUT2D eigenvalue weighted by Gasteiger charge is -2.22. The summed E-state index contributed by atoms with van der Waals surface area (Å²) in [6.07, 6.45) is 1.28. The predicted octanol–water partition coefficient (Wildman–Crippen LogP) is 0.756. The Labute approximate surface area is 81.2 Å². The Morgan fingerprint density at radius 3 is 2.38 bits per heavy atom. The van der Waals surface area contributed by atoms with Crippen LogP contribution in [0.5, 0.6) is 0 Å². The highest BCUT2D eigenvalue weighted by Crippen LogP contribution is 2.20. The van der Waals surface area contributed by atoms with E-state index < -0.39 is 0 Å². The van der Waals surface area contributed by atoms with Gasteiger partial charge in [0, 0.05) is 13.2 Å². The smallest absolute Gasteiger partial charge is 0.0669 e. The Kier molecular flexibility index (Phi) is 6.29. The van der Waals surface area contributed by atoms with Crippen molar-refractivity contribution in [1.29, 1.82) is 0 Å². The second-order valence-electron chi connectivity index (χ2n) is 4.70. The van der Waals surface area contributed by atoms with Gasteiger partial charge in [0.05, 0.1) is 6.10 Å². The number of hydrogen-bond acceptors (Lipinski definition) is 3. The quantitative estimate of drug-likeness (QED) is 0.541. The molecule has 80 valence electrons. The molecule has 3 N–H and O–H groups in total. The molecular formula is C10H23NO2. The Morgan fingerprint density at radius 1 is 1.31 bits per heavy atom. The molecule has 0 aromatic heterocycles. The second-order valence-corrected chi connectivity index (χ2v) is 4.70. The zero-order chi connectivity index (χ0) is 10.3. The van der Waals surface area contributed by atoms with E-state index >= 15 is 0 Å². The molecule has 0 radical (unpaired) electrons.